The number of rotatable bonds is 15. The van der Waals surface area contributed by atoms with Crippen LogP contribution in [0.2, 0.25) is 0 Å². The van der Waals surface area contributed by atoms with Gasteiger partial charge in [-0.3, -0.25) is 76.9 Å². The summed E-state index contributed by atoms with van der Waals surface area (Å²) in [5, 5.41) is 0. The normalized spacial score (nSPS) is 20.8. The van der Waals surface area contributed by atoms with Crippen LogP contribution >= 0.6 is 0 Å². The van der Waals surface area contributed by atoms with Gasteiger partial charge >= 0.3 is 0 Å². The van der Waals surface area contributed by atoms with Crippen LogP contribution in [0.5, 0.6) is 0 Å². The minimum atomic E-state index is -0.667. The first-order chi connectivity index (χ1) is 58.9. The summed E-state index contributed by atoms with van der Waals surface area (Å²) in [4.78, 5) is 207. The Bertz CT molecular complexity index is 6290. The Hall–Kier alpha value is -14.1. The summed E-state index contributed by atoms with van der Waals surface area (Å²) in [6, 6.07) is 38.4. The third kappa shape index (κ3) is 12.3. The SMILES string of the molecule is Cc1cc(N2C(=O)c3ccc(C(=O)c4ccc5c(c4)C(=O)N(c4cc(C)c(-c6c(C)cc(N7C(=O)C(C)C(C8C=CC(C)C8)C7=O)cc6C)c(C)c4)C5=O)cc3C2=O)cc(C)c1-c1c(C)cc(N2C(=O)c3ccc(C(=O)c4ccc5c(c4)C(=O)N(c4cc(C)c(-c6c(C)cc(N7C(=O)C(C)C(C8C=CC(C)C8)C7=O)cc6C)c(C)c4)C5=O)cc3C2=O)cc1C. The fraction of sp³-hybridized carbons (Fsp3) is 0.250. The number of nitrogens with zero attached hydrogens (tertiary/aromatic N) is 6. The van der Waals surface area contributed by atoms with E-state index in [1.165, 1.54) is 82.6 Å². The summed E-state index contributed by atoms with van der Waals surface area (Å²) in [5.74, 6) is -8.01. The second-order valence-electron chi connectivity index (χ2n) is 35.4. The number of imide groups is 6. The summed E-state index contributed by atoms with van der Waals surface area (Å²) < 4.78 is 0. The zero-order chi connectivity index (χ0) is 88.2. The van der Waals surface area contributed by atoms with E-state index < -0.39 is 82.5 Å². The molecule has 18 rings (SSSR count). The summed E-state index contributed by atoms with van der Waals surface area (Å²) in [7, 11) is 0. The molecule has 0 bridgehead atoms. The van der Waals surface area contributed by atoms with Crippen LogP contribution in [0.25, 0.3) is 33.4 Å². The number of carbonyl (C=O) groups excluding carboxylic acids is 14. The van der Waals surface area contributed by atoms with Crippen molar-refractivity contribution in [3.05, 3.63) is 303 Å². The average molecular weight is 1650 g/mol. The van der Waals surface area contributed by atoms with Crippen molar-refractivity contribution in [2.45, 2.75) is 124 Å². The lowest BCUT2D eigenvalue weighted by Crippen LogP contribution is -2.32. The van der Waals surface area contributed by atoms with E-state index >= 15 is 0 Å². The van der Waals surface area contributed by atoms with Gasteiger partial charge in [0.25, 0.3) is 47.3 Å². The largest absolute Gasteiger partial charge is 0.289 e. The molecule has 10 aromatic carbocycles. The van der Waals surface area contributed by atoms with Gasteiger partial charge in [-0.25, -0.2) is 19.6 Å². The van der Waals surface area contributed by atoms with Crippen molar-refractivity contribution in [1.29, 1.82) is 0 Å². The number of anilines is 6. The van der Waals surface area contributed by atoms with Gasteiger partial charge in [0.1, 0.15) is 0 Å². The van der Waals surface area contributed by atoms with E-state index in [4.69, 9.17) is 0 Å². The molecule has 0 radical (unpaired) electrons. The predicted octanol–water partition coefficient (Wildman–Crippen LogP) is 18.7. The molecule has 8 aliphatic rings. The highest BCUT2D eigenvalue weighted by Gasteiger charge is 2.52. The van der Waals surface area contributed by atoms with E-state index in [-0.39, 0.29) is 114 Å². The number of aryl methyl sites for hydroxylation is 12. The molecule has 2 aliphatic carbocycles. The third-order valence-electron chi connectivity index (χ3n) is 26.9. The van der Waals surface area contributed by atoms with Crippen molar-refractivity contribution < 1.29 is 67.1 Å². The number of hydrogen-bond donors (Lipinski definition) is 0. The molecule has 0 saturated carbocycles. The molecule has 2 saturated heterocycles. The number of carbonyl (C=O) groups is 14. The standard InChI is InChI=1S/C104H88N6O14/c1-47-17-19-63(29-47)89-61(15)93(113)105(103(89)123)69-31-49(3)83(50(4)32-69)85-53(7)35-71(36-54(85)8)107-95(115)75-25-21-65(43-79(75)99(107)119)91(111)67-23-27-77-81(45-67)101(121)109(97(77)117)73-39-57(11)87(58(12)40-73)88-59(13)41-74(42-60(88)14)110-98(118)78-28-24-68(46-82(78)102(110)122)92(112)66-22-26-76-80(44-66)100(120)108(96(76)116)72-37-55(9)86(56(10)38-72)84-51(5)33-70(34-52(84)6)106-94(114)62(16)90(104(106)124)64-20-18-48(2)30-64/h17-28,31-48,61-64,89-90H,29-30H2,1-16H3. The van der Waals surface area contributed by atoms with E-state index in [2.05, 4.69) is 38.2 Å². The maximum atomic E-state index is 14.6. The number of fused-ring (bicyclic) bond motifs is 4. The molecule has 0 N–H and O–H groups in total. The van der Waals surface area contributed by atoms with Gasteiger partial charge in [0.05, 0.1) is 90.5 Å². The van der Waals surface area contributed by atoms with E-state index in [9.17, 15) is 67.1 Å². The summed E-state index contributed by atoms with van der Waals surface area (Å²) in [6.45, 7) is 30.6. The van der Waals surface area contributed by atoms with Crippen LogP contribution in [0.1, 0.15) is 222 Å². The molecule has 124 heavy (non-hydrogen) atoms. The van der Waals surface area contributed by atoms with Crippen LogP contribution in [-0.4, -0.2) is 82.5 Å². The second-order valence-corrected chi connectivity index (χ2v) is 35.4. The van der Waals surface area contributed by atoms with Gasteiger partial charge in [0.15, 0.2) is 11.6 Å². The van der Waals surface area contributed by atoms with Gasteiger partial charge in [-0.1, -0.05) is 76.3 Å². The first kappa shape index (κ1) is 80.9. The van der Waals surface area contributed by atoms with Gasteiger partial charge in [-0.2, -0.15) is 0 Å². The van der Waals surface area contributed by atoms with Crippen molar-refractivity contribution >= 4 is 117 Å². The maximum absolute atomic E-state index is 14.6. The minimum absolute atomic E-state index is 0.000633. The molecule has 10 aromatic rings. The van der Waals surface area contributed by atoms with Crippen molar-refractivity contribution in [2.75, 3.05) is 29.4 Å². The van der Waals surface area contributed by atoms with Gasteiger partial charge < -0.3 is 0 Å². The number of allylic oxidation sites excluding steroid dienone is 4. The van der Waals surface area contributed by atoms with Gasteiger partial charge in [0.2, 0.25) is 23.6 Å². The number of amides is 12. The average Bonchev–Trinajstić information content (AvgIpc) is 1.55. The Morgan fingerprint density at radius 1 is 0.234 bits per heavy atom. The predicted molar refractivity (Wildman–Crippen MR) is 473 cm³/mol. The topological polar surface area (TPSA) is 258 Å². The lowest BCUT2D eigenvalue weighted by Gasteiger charge is -2.23. The molecule has 20 heteroatoms. The maximum Gasteiger partial charge on any atom is 0.266 e. The third-order valence-corrected chi connectivity index (χ3v) is 26.9. The van der Waals surface area contributed by atoms with Crippen LogP contribution in [-0.2, 0) is 19.2 Å². The molecule has 6 aliphatic heterocycles. The fourth-order valence-corrected chi connectivity index (χ4v) is 21.2. The number of ketones is 2. The molecule has 8 unspecified atom stereocenters. The molecule has 2 fully saturated rings. The van der Waals surface area contributed by atoms with E-state index in [0.29, 0.717) is 56.8 Å². The highest BCUT2D eigenvalue weighted by molar-refractivity contribution is 6.39. The van der Waals surface area contributed by atoms with Gasteiger partial charge in [-0.05, 0) is 341 Å². The van der Waals surface area contributed by atoms with Gasteiger partial charge in [0, 0.05) is 34.1 Å². The van der Waals surface area contributed by atoms with Crippen molar-refractivity contribution in [3.63, 3.8) is 0 Å². The van der Waals surface area contributed by atoms with Gasteiger partial charge in [-0.15, -0.1) is 0 Å². The number of benzene rings is 10. The van der Waals surface area contributed by atoms with Crippen LogP contribution in [0, 0.1) is 130 Å². The van der Waals surface area contributed by atoms with Crippen LogP contribution in [0.3, 0.4) is 0 Å². The number of hydrogen-bond acceptors (Lipinski definition) is 14. The summed E-state index contributed by atoms with van der Waals surface area (Å²) in [6.07, 6.45) is 10.0. The molecular weight excluding hydrogens is 1560 g/mol. The van der Waals surface area contributed by atoms with Crippen molar-refractivity contribution in [3.8, 4) is 33.4 Å². The molecule has 0 aromatic heterocycles. The first-order valence-corrected chi connectivity index (χ1v) is 41.9. The van der Waals surface area contributed by atoms with Crippen LogP contribution in [0.4, 0.5) is 34.1 Å². The second kappa shape index (κ2) is 29.3. The van der Waals surface area contributed by atoms with E-state index in [1.54, 1.807) is 48.5 Å². The van der Waals surface area contributed by atoms with Crippen molar-refractivity contribution in [2.24, 2.45) is 47.3 Å². The lowest BCUT2D eigenvalue weighted by atomic mass is 9.83. The first-order valence-electron chi connectivity index (χ1n) is 41.9. The monoisotopic (exact) mass is 1640 g/mol. The zero-order valence-electron chi connectivity index (χ0n) is 71.6. The molecule has 8 atom stereocenters. The molecule has 6 heterocycles. The Labute approximate surface area is 716 Å². The Balaban J connectivity index is 0.532. The lowest BCUT2D eigenvalue weighted by molar-refractivity contribution is -0.124. The Morgan fingerprint density at radius 2 is 0.419 bits per heavy atom. The molecule has 618 valence electrons. The zero-order valence-corrected chi connectivity index (χ0v) is 71.6. The van der Waals surface area contributed by atoms with E-state index in [0.717, 1.165) is 110 Å². The molecule has 0 spiro atoms. The highest BCUT2D eigenvalue weighted by Crippen LogP contribution is 2.49. The highest BCUT2D eigenvalue weighted by atomic mass is 16.2. The Kier molecular flexibility index (Phi) is 19.1. The molecular formula is C104H88N6O14. The Morgan fingerprint density at radius 3 is 0.605 bits per heavy atom. The van der Waals surface area contributed by atoms with Crippen molar-refractivity contribution in [1.82, 2.24) is 0 Å². The summed E-state index contributed by atoms with van der Waals surface area (Å²) in [5.41, 5.74) is 17.2. The van der Waals surface area contributed by atoms with Crippen LogP contribution < -0.4 is 29.4 Å². The molecule has 12 amide bonds. The minimum Gasteiger partial charge on any atom is -0.289 e. The summed E-state index contributed by atoms with van der Waals surface area (Å²) >= 11 is 0. The fourth-order valence-electron chi connectivity index (χ4n) is 21.2. The molecule has 20 nitrogen and oxygen atoms in total. The van der Waals surface area contributed by atoms with E-state index in [1.807, 2.05) is 121 Å². The smallest absolute Gasteiger partial charge is 0.266 e. The quantitative estimate of drug-likeness (QED) is 0.0525. The van der Waals surface area contributed by atoms with Crippen LogP contribution in [0.15, 0.2) is 170 Å².